The van der Waals surface area contributed by atoms with Gasteiger partial charge in [-0.05, 0) is 170 Å². The number of hydrogen-bond acceptors (Lipinski definition) is 5. The predicted molar refractivity (Wildman–Crippen MR) is 509 cm³/mol. The molecule has 8 nitrogen and oxygen atoms in total. The van der Waals surface area contributed by atoms with E-state index in [1.54, 1.807) is 0 Å². The minimum absolute atomic E-state index is 0.0629. The normalized spacial score (nSPS) is 13.7. The summed E-state index contributed by atoms with van der Waals surface area (Å²) in [6.45, 7) is 4.66. The second-order valence-electron chi connectivity index (χ2n) is 33.1. The van der Waals surface area contributed by atoms with Gasteiger partial charge < -0.3 is 9.13 Å². The van der Waals surface area contributed by atoms with Crippen molar-refractivity contribution in [3.63, 3.8) is 0 Å². The maximum Gasteiger partial charge on any atom is 0.232 e. The number of benzene rings is 17. The fourth-order valence-corrected chi connectivity index (χ4v) is 19.6. The van der Waals surface area contributed by atoms with Crippen LogP contribution in [0.2, 0.25) is 0 Å². The average Bonchev–Trinajstić information content (AvgIpc) is 1.60. The molecular weight excluding hydrogens is 1490 g/mol. The molecular formula is C115H77N8+. The number of pyridine rings is 2. The molecule has 0 saturated carbocycles. The molecule has 0 amide bonds. The van der Waals surface area contributed by atoms with Crippen molar-refractivity contribution in [2.24, 2.45) is 4.99 Å². The van der Waals surface area contributed by atoms with Gasteiger partial charge in [0, 0.05) is 105 Å². The molecule has 0 spiro atoms. The van der Waals surface area contributed by atoms with Gasteiger partial charge in [0.1, 0.15) is 6.04 Å². The second kappa shape index (κ2) is 28.7. The average molecular weight is 1570 g/mol. The van der Waals surface area contributed by atoms with E-state index in [1.165, 1.54) is 54.7 Å². The van der Waals surface area contributed by atoms with Gasteiger partial charge in [-0.3, -0.25) is 5.32 Å². The topological polar surface area (TPSA) is 90.4 Å². The Morgan fingerprint density at radius 3 is 1.30 bits per heavy atom. The van der Waals surface area contributed by atoms with E-state index >= 15 is 0 Å². The number of quaternary nitrogens is 1. The Hall–Kier alpha value is -15.9. The Labute approximate surface area is 711 Å². The van der Waals surface area contributed by atoms with Crippen LogP contribution in [-0.2, 0) is 5.41 Å². The Bertz CT molecular complexity index is 8110. The van der Waals surface area contributed by atoms with Crippen LogP contribution in [0.25, 0.3) is 205 Å². The number of para-hydroxylation sites is 3. The zero-order valence-corrected chi connectivity index (χ0v) is 67.5. The number of aliphatic imine (C=N–C) groups is 1. The zero-order chi connectivity index (χ0) is 81.4. The third kappa shape index (κ3) is 12.0. The fourth-order valence-electron chi connectivity index (χ4n) is 19.6. The van der Waals surface area contributed by atoms with Crippen molar-refractivity contribution in [2.45, 2.75) is 25.3 Å². The van der Waals surface area contributed by atoms with Gasteiger partial charge in [-0.15, -0.1) is 0 Å². The van der Waals surface area contributed by atoms with E-state index < -0.39 is 0 Å². The molecule has 0 bridgehead atoms. The van der Waals surface area contributed by atoms with Crippen LogP contribution in [0.4, 0.5) is 0 Å². The van der Waals surface area contributed by atoms with Crippen molar-refractivity contribution in [2.75, 3.05) is 0 Å². The molecule has 0 fully saturated rings. The molecule has 24 rings (SSSR count). The number of aromatic nitrogens is 6. The van der Waals surface area contributed by atoms with Gasteiger partial charge >= 0.3 is 0 Å². The van der Waals surface area contributed by atoms with E-state index in [-0.39, 0.29) is 11.5 Å². The van der Waals surface area contributed by atoms with Gasteiger partial charge in [0.15, 0.2) is 5.82 Å². The van der Waals surface area contributed by atoms with Gasteiger partial charge in [-0.2, -0.15) is 4.99 Å². The Kier molecular flexibility index (Phi) is 16.6. The first-order valence-electron chi connectivity index (χ1n) is 42.3. The van der Waals surface area contributed by atoms with Crippen LogP contribution < -0.4 is 5.32 Å². The summed E-state index contributed by atoms with van der Waals surface area (Å²) in [7, 11) is 0. The van der Waals surface area contributed by atoms with Crippen LogP contribution in [0.15, 0.2) is 418 Å². The Morgan fingerprint density at radius 2 is 0.707 bits per heavy atom. The molecule has 0 radical (unpaired) electrons. The standard InChI is InChI=1S/C115H76N8/c1-115(2)95-40-21-18-37-87(95)88-58-53-84(68-96(88)115)102-70-100(119-113(121-102)78-31-14-6-15-32-78)75-47-43-73(44-48-75)81-54-61-97-93(66-81)89-60-64-106-108(109(89)111(116-97)76-27-10-4-11-28-76)92-39-20-23-42-104(92)123(106)86-56-51-72(52-57-86)71-45-49-79(50-46-71)114-118-99(74-25-8-3-9-26-74)69-101(120-114)83-34-24-33-80(65-83)82-55-62-98-94(67-82)90-59-63-105-107(110(90)112(117-98)77-29-12-5-13-30-77)91-38-19-22-41-103(91)122(105)85-35-16-7-17-36-85/h3-70,101H,1-2H3,(H,118,120)/p+1. The maximum absolute atomic E-state index is 5.64. The van der Waals surface area contributed by atoms with Crippen molar-refractivity contribution in [1.82, 2.24) is 29.1 Å². The molecule has 2 N–H and O–H groups in total. The monoisotopic (exact) mass is 1570 g/mol. The van der Waals surface area contributed by atoms with Crippen molar-refractivity contribution >= 4 is 98.5 Å². The maximum atomic E-state index is 5.64. The van der Waals surface area contributed by atoms with Gasteiger partial charge in [0.25, 0.3) is 0 Å². The van der Waals surface area contributed by atoms with E-state index in [2.05, 4.69) is 435 Å². The van der Waals surface area contributed by atoms with Crippen LogP contribution in [-0.4, -0.2) is 34.9 Å². The minimum atomic E-state index is -0.142. The van der Waals surface area contributed by atoms with E-state index in [9.17, 15) is 0 Å². The highest BCUT2D eigenvalue weighted by Gasteiger charge is 2.36. The molecule has 1 unspecified atom stereocenters. The van der Waals surface area contributed by atoms with Gasteiger partial charge in [-0.25, -0.2) is 19.9 Å². The number of hydrogen-bond donors (Lipinski definition) is 1. The van der Waals surface area contributed by atoms with Gasteiger partial charge in [-0.1, -0.05) is 317 Å². The second-order valence-corrected chi connectivity index (χ2v) is 33.1. The fraction of sp³-hybridized carbons (Fsp3) is 0.0348. The molecule has 1 aliphatic carbocycles. The molecule has 22 aromatic rings. The lowest BCUT2D eigenvalue weighted by Crippen LogP contribution is -2.89. The lowest BCUT2D eigenvalue weighted by molar-refractivity contribution is -0.575. The molecule has 1 aliphatic heterocycles. The van der Waals surface area contributed by atoms with E-state index in [4.69, 9.17) is 24.9 Å². The van der Waals surface area contributed by atoms with Crippen molar-refractivity contribution < 1.29 is 5.32 Å². The van der Waals surface area contributed by atoms with Crippen LogP contribution >= 0.6 is 0 Å². The Morgan fingerprint density at radius 1 is 0.268 bits per heavy atom. The van der Waals surface area contributed by atoms with Crippen molar-refractivity contribution in [3.05, 3.63) is 440 Å². The van der Waals surface area contributed by atoms with Gasteiger partial charge in [0.2, 0.25) is 5.84 Å². The van der Waals surface area contributed by atoms with Crippen LogP contribution in [0.5, 0.6) is 0 Å². The molecule has 6 heterocycles. The summed E-state index contributed by atoms with van der Waals surface area (Å²) in [5.41, 5.74) is 33.7. The summed E-state index contributed by atoms with van der Waals surface area (Å²) in [5.74, 6) is 1.63. The van der Waals surface area contributed by atoms with E-state index in [0.29, 0.717) is 5.82 Å². The van der Waals surface area contributed by atoms with Gasteiger partial charge in [0.05, 0.1) is 67.1 Å². The summed E-state index contributed by atoms with van der Waals surface area (Å²) in [4.78, 5) is 27.2. The first-order valence-corrected chi connectivity index (χ1v) is 42.3. The smallest absolute Gasteiger partial charge is 0.232 e. The predicted octanol–water partition coefficient (Wildman–Crippen LogP) is 27.8. The summed E-state index contributed by atoms with van der Waals surface area (Å²) in [6, 6.07) is 147. The number of nitrogens with two attached hydrogens (primary N) is 1. The highest BCUT2D eigenvalue weighted by Crippen LogP contribution is 2.51. The third-order valence-electron chi connectivity index (χ3n) is 25.7. The van der Waals surface area contributed by atoms with E-state index in [0.717, 1.165) is 178 Å². The molecule has 17 aromatic carbocycles. The molecule has 1 atom stereocenters. The summed E-state index contributed by atoms with van der Waals surface area (Å²) in [5, 5.41) is 13.9. The first kappa shape index (κ1) is 71.3. The lowest BCUT2D eigenvalue weighted by atomic mass is 9.82. The van der Waals surface area contributed by atoms with Crippen molar-refractivity contribution in [1.29, 1.82) is 0 Å². The lowest BCUT2D eigenvalue weighted by Gasteiger charge is -2.22. The van der Waals surface area contributed by atoms with E-state index in [1.807, 2.05) is 6.07 Å². The molecule has 576 valence electrons. The Balaban J connectivity index is 0.542. The number of fused-ring (bicyclic) bond motifs is 17. The summed E-state index contributed by atoms with van der Waals surface area (Å²) in [6.07, 6.45) is 2.32. The quantitative estimate of drug-likeness (QED) is 0.116. The first-order chi connectivity index (χ1) is 60.7. The van der Waals surface area contributed by atoms with Crippen LogP contribution in [0.3, 0.4) is 0 Å². The van der Waals surface area contributed by atoms with Crippen LogP contribution in [0, 0.1) is 0 Å². The minimum Gasteiger partial charge on any atom is -0.309 e. The molecule has 0 saturated heterocycles. The van der Waals surface area contributed by atoms with Crippen molar-refractivity contribution in [3.8, 4) is 112 Å². The summed E-state index contributed by atoms with van der Waals surface area (Å²) >= 11 is 0. The number of rotatable bonds is 13. The SMILES string of the molecule is CC1(C)c2ccccc2-c2ccc(-c3cc(-c4ccc(-c5ccc6nc(-c7ccccc7)c7c(ccc8c7c7ccccc7n8-c7ccc(-c8ccc(C9=NC(c%10ccccc%10)=CC(c%10cccc(-c%11ccc%12nc(-c%13ccccc%13)c%13c(ccc%14c%13c%13ccccc%13n%14-c%13ccccc%13)c%12c%11)c%10)[NH2+]9)cc8)cc7)c6c5)cc4)nc(-c4ccccc4)n3)cc21. The molecule has 8 heteroatoms. The highest BCUT2D eigenvalue weighted by molar-refractivity contribution is 6.30. The summed E-state index contributed by atoms with van der Waals surface area (Å²) < 4.78 is 4.82. The number of nitrogens with zero attached hydrogens (tertiary/aromatic N) is 7. The number of amidine groups is 1. The zero-order valence-electron chi connectivity index (χ0n) is 67.5. The molecule has 123 heavy (non-hydrogen) atoms. The van der Waals surface area contributed by atoms with Crippen LogP contribution in [0.1, 0.15) is 47.7 Å². The molecule has 5 aromatic heterocycles. The largest absolute Gasteiger partial charge is 0.309 e. The molecule has 2 aliphatic rings. The highest BCUT2D eigenvalue weighted by atomic mass is 15.1. The third-order valence-corrected chi connectivity index (χ3v) is 25.7.